The largest absolute Gasteiger partial charge is 0.492 e. The van der Waals surface area contributed by atoms with E-state index in [1.165, 1.54) is 7.11 Å². The topological polar surface area (TPSA) is 134 Å². The van der Waals surface area contributed by atoms with Crippen LogP contribution >= 0.6 is 0 Å². The summed E-state index contributed by atoms with van der Waals surface area (Å²) in [5, 5.41) is 10.5. The van der Waals surface area contributed by atoms with E-state index in [0.717, 1.165) is 53.3 Å². The summed E-state index contributed by atoms with van der Waals surface area (Å²) in [6.45, 7) is 9.59. The lowest BCUT2D eigenvalue weighted by Crippen LogP contribution is -2.41. The van der Waals surface area contributed by atoms with Crippen LogP contribution in [0.4, 0.5) is 26.7 Å². The summed E-state index contributed by atoms with van der Waals surface area (Å²) in [6.07, 6.45) is 4.37. The predicted octanol–water partition coefficient (Wildman–Crippen LogP) is 7.36. The summed E-state index contributed by atoms with van der Waals surface area (Å²) in [5.41, 5.74) is 4.12. The zero-order valence-corrected chi connectivity index (χ0v) is 30.6. The van der Waals surface area contributed by atoms with E-state index >= 15 is 0 Å². The third kappa shape index (κ3) is 8.46. The number of methoxy groups -OCH3 is 1. The maximum Gasteiger partial charge on any atom is 0.411 e. The molecule has 12 nitrogen and oxygen atoms in total. The summed E-state index contributed by atoms with van der Waals surface area (Å²) >= 11 is 0. The van der Waals surface area contributed by atoms with Crippen molar-refractivity contribution in [2.24, 2.45) is 0 Å². The van der Waals surface area contributed by atoms with Gasteiger partial charge < -0.3 is 34.6 Å². The van der Waals surface area contributed by atoms with E-state index in [1.54, 1.807) is 17.2 Å². The standard InChI is InChI=1S/C40H48N6O6/c1-40(2,3)27-22-34(36(50-5)35(23-27)44-39(49)52-25-28-10-8-9-17-45(28)4)43-38(48)42-32-16-14-29(30-11-6-7-12-31(30)32)26-13-15-33(41-24-26)37(47)46-18-20-51-21-19-46/h6-7,11-16,22-24,28H,8-10,17-21,25H2,1-5H3,(H,44,49)(H2,42,43,48). The first-order valence-corrected chi connectivity index (χ1v) is 17.8. The number of likely N-dealkylation sites (N-methyl/N-ethyl adjacent to an activating group) is 1. The number of hydrogen-bond donors (Lipinski definition) is 3. The number of piperidine rings is 1. The van der Waals surface area contributed by atoms with Crippen LogP contribution in [0.1, 0.15) is 56.1 Å². The molecule has 1 unspecified atom stereocenters. The fraction of sp³-hybridized carbons (Fsp3) is 0.400. The predicted molar refractivity (Wildman–Crippen MR) is 203 cm³/mol. The van der Waals surface area contributed by atoms with Crippen molar-refractivity contribution in [3.8, 4) is 16.9 Å². The Labute approximate surface area is 304 Å². The Morgan fingerprint density at radius 3 is 2.27 bits per heavy atom. The molecule has 12 heteroatoms. The molecule has 0 bridgehead atoms. The lowest BCUT2D eigenvalue weighted by Gasteiger charge is -2.31. The minimum atomic E-state index is -0.584. The quantitative estimate of drug-likeness (QED) is 0.173. The minimum Gasteiger partial charge on any atom is -0.492 e. The highest BCUT2D eigenvalue weighted by Gasteiger charge is 2.25. The SMILES string of the molecule is COc1c(NC(=O)Nc2ccc(-c3ccc(C(=O)N4CCOCC4)nc3)c3ccccc23)cc(C(C)(C)C)cc1NC(=O)OCC1CCCCN1C. The Hall–Kier alpha value is -5.20. The van der Waals surface area contributed by atoms with Crippen molar-refractivity contribution in [1.29, 1.82) is 0 Å². The Morgan fingerprint density at radius 2 is 1.60 bits per heavy atom. The monoisotopic (exact) mass is 708 g/mol. The molecule has 2 aliphatic rings. The number of urea groups is 1. The molecule has 2 saturated heterocycles. The molecule has 0 aliphatic carbocycles. The van der Waals surface area contributed by atoms with Gasteiger partial charge in [-0.1, -0.05) is 63.6 Å². The number of morpholine rings is 1. The van der Waals surface area contributed by atoms with Crippen LogP contribution in [0.25, 0.3) is 21.9 Å². The van der Waals surface area contributed by atoms with E-state index in [4.69, 9.17) is 14.2 Å². The van der Waals surface area contributed by atoms with Gasteiger partial charge in [0.15, 0.2) is 5.75 Å². The fourth-order valence-electron chi connectivity index (χ4n) is 6.68. The molecule has 52 heavy (non-hydrogen) atoms. The lowest BCUT2D eigenvalue weighted by molar-refractivity contribution is 0.0299. The number of carbonyl (C=O) groups is 3. The molecule has 3 N–H and O–H groups in total. The molecule has 4 amide bonds. The van der Waals surface area contributed by atoms with Gasteiger partial charge in [0.2, 0.25) is 0 Å². The number of rotatable bonds is 8. The van der Waals surface area contributed by atoms with E-state index in [9.17, 15) is 14.4 Å². The number of hydrogen-bond acceptors (Lipinski definition) is 8. The Morgan fingerprint density at radius 1 is 0.885 bits per heavy atom. The van der Waals surface area contributed by atoms with Crippen molar-refractivity contribution < 1.29 is 28.6 Å². The van der Waals surface area contributed by atoms with Crippen LogP contribution in [-0.2, 0) is 14.9 Å². The van der Waals surface area contributed by atoms with Crippen LogP contribution in [0.2, 0.25) is 0 Å². The van der Waals surface area contributed by atoms with E-state index < -0.39 is 12.1 Å². The van der Waals surface area contributed by atoms with E-state index in [1.807, 2.05) is 54.6 Å². The second-order valence-electron chi connectivity index (χ2n) is 14.3. The van der Waals surface area contributed by atoms with Crippen molar-refractivity contribution in [2.45, 2.75) is 51.5 Å². The summed E-state index contributed by atoms with van der Waals surface area (Å²) < 4.78 is 16.7. The molecule has 4 aromatic rings. The Kier molecular flexibility index (Phi) is 11.3. The number of anilines is 3. The van der Waals surface area contributed by atoms with Crippen molar-refractivity contribution in [3.63, 3.8) is 0 Å². The van der Waals surface area contributed by atoms with Gasteiger partial charge in [-0.2, -0.15) is 0 Å². The highest BCUT2D eigenvalue weighted by molar-refractivity contribution is 6.10. The van der Waals surface area contributed by atoms with Crippen LogP contribution in [0, 0.1) is 0 Å². The number of ether oxygens (including phenoxy) is 3. The third-order valence-electron chi connectivity index (χ3n) is 9.74. The number of nitrogens with zero attached hydrogens (tertiary/aromatic N) is 3. The molecule has 2 fully saturated rings. The van der Waals surface area contributed by atoms with Crippen molar-refractivity contribution in [3.05, 3.63) is 78.1 Å². The average Bonchev–Trinajstić information content (AvgIpc) is 3.14. The van der Waals surface area contributed by atoms with Crippen molar-refractivity contribution in [2.75, 3.05) is 69.6 Å². The smallest absolute Gasteiger partial charge is 0.411 e. The number of aromatic nitrogens is 1. The molecule has 3 aromatic carbocycles. The van der Waals surface area contributed by atoms with Gasteiger partial charge >= 0.3 is 12.1 Å². The zero-order valence-electron chi connectivity index (χ0n) is 30.6. The Bertz CT molecular complexity index is 1920. The number of likely N-dealkylation sites (tertiary alicyclic amines) is 1. The first-order chi connectivity index (χ1) is 25.0. The number of nitrogens with one attached hydrogen (secondary N) is 3. The van der Waals surface area contributed by atoms with Gasteiger partial charge in [-0.05, 0) is 72.6 Å². The van der Waals surface area contributed by atoms with E-state index in [-0.39, 0.29) is 17.4 Å². The summed E-state index contributed by atoms with van der Waals surface area (Å²) in [7, 11) is 3.55. The second-order valence-corrected chi connectivity index (χ2v) is 14.3. The third-order valence-corrected chi connectivity index (χ3v) is 9.74. The molecular formula is C40H48N6O6. The molecule has 6 rings (SSSR count). The molecular weight excluding hydrogens is 660 g/mol. The molecule has 0 saturated carbocycles. The van der Waals surface area contributed by atoms with Crippen LogP contribution < -0.4 is 20.7 Å². The van der Waals surface area contributed by atoms with E-state index in [0.29, 0.717) is 61.4 Å². The molecule has 0 radical (unpaired) electrons. The molecule has 3 heterocycles. The minimum absolute atomic E-state index is 0.111. The van der Waals surface area contributed by atoms with Crippen LogP contribution in [0.3, 0.4) is 0 Å². The molecule has 274 valence electrons. The maximum absolute atomic E-state index is 13.6. The molecule has 0 spiro atoms. The van der Waals surface area contributed by atoms with Gasteiger partial charge in [0, 0.05) is 36.3 Å². The average molecular weight is 709 g/mol. The van der Waals surface area contributed by atoms with Gasteiger partial charge in [-0.3, -0.25) is 15.1 Å². The molecule has 1 atom stereocenters. The van der Waals surface area contributed by atoms with Crippen molar-refractivity contribution >= 4 is 45.9 Å². The number of fused-ring (bicyclic) bond motifs is 1. The Balaban J connectivity index is 1.20. The summed E-state index contributed by atoms with van der Waals surface area (Å²) in [4.78, 5) is 48.0. The van der Waals surface area contributed by atoms with Crippen molar-refractivity contribution in [1.82, 2.24) is 14.8 Å². The first-order valence-electron chi connectivity index (χ1n) is 17.8. The molecule has 1 aromatic heterocycles. The summed E-state index contributed by atoms with van der Waals surface area (Å²) in [5.74, 6) is 0.193. The van der Waals surface area contributed by atoms with Gasteiger partial charge in [-0.15, -0.1) is 0 Å². The fourth-order valence-corrected chi connectivity index (χ4v) is 6.68. The van der Waals surface area contributed by atoms with Crippen LogP contribution in [-0.4, -0.2) is 92.5 Å². The van der Waals surface area contributed by atoms with E-state index in [2.05, 4.69) is 53.7 Å². The number of amides is 4. The maximum atomic E-state index is 13.6. The number of pyridine rings is 1. The van der Waals surface area contributed by atoms with Gasteiger partial charge in [0.05, 0.1) is 37.4 Å². The van der Waals surface area contributed by atoms with Gasteiger partial charge in [0.25, 0.3) is 5.91 Å². The van der Waals surface area contributed by atoms with Crippen LogP contribution in [0.15, 0.2) is 66.9 Å². The van der Waals surface area contributed by atoms with Crippen LogP contribution in [0.5, 0.6) is 5.75 Å². The summed E-state index contributed by atoms with van der Waals surface area (Å²) in [6, 6.07) is 18.6. The number of carbonyl (C=O) groups excluding carboxylic acids is 3. The van der Waals surface area contributed by atoms with Gasteiger partial charge in [-0.25, -0.2) is 9.59 Å². The zero-order chi connectivity index (χ0) is 36.8. The first kappa shape index (κ1) is 36.6. The normalized spacial score (nSPS) is 16.6. The highest BCUT2D eigenvalue weighted by atomic mass is 16.5. The second kappa shape index (κ2) is 16.0. The molecule has 2 aliphatic heterocycles. The van der Waals surface area contributed by atoms with Gasteiger partial charge in [0.1, 0.15) is 12.3 Å². The highest BCUT2D eigenvalue weighted by Crippen LogP contribution is 2.39. The lowest BCUT2D eigenvalue weighted by atomic mass is 9.86. The number of benzene rings is 3.